The Balaban J connectivity index is 2.57. The first-order valence-electron chi connectivity index (χ1n) is 6.24. The van der Waals surface area contributed by atoms with E-state index in [4.69, 9.17) is 9.15 Å². The molecule has 3 heteroatoms. The summed E-state index contributed by atoms with van der Waals surface area (Å²) < 4.78 is 11.3. The molecule has 0 aliphatic carbocycles. The van der Waals surface area contributed by atoms with Crippen molar-refractivity contribution in [3.63, 3.8) is 0 Å². The molecule has 0 unspecified atom stereocenters. The third-order valence-electron chi connectivity index (χ3n) is 3.22. The van der Waals surface area contributed by atoms with Crippen molar-refractivity contribution in [2.24, 2.45) is 0 Å². The van der Waals surface area contributed by atoms with Gasteiger partial charge in [-0.2, -0.15) is 5.26 Å². The zero-order valence-corrected chi connectivity index (χ0v) is 10.9. The first kappa shape index (κ1) is 11.6. The lowest BCUT2D eigenvalue weighted by molar-refractivity contribution is 0.260. The molecule has 0 radical (unpaired) electrons. The maximum atomic E-state index is 9.39. The zero-order valence-electron chi connectivity index (χ0n) is 10.9. The SMILES string of the molecule is CCOc1oc2c(C)cc3ccccc(c1C#N)c32. The van der Waals surface area contributed by atoms with Crippen LogP contribution in [-0.2, 0) is 0 Å². The Kier molecular flexibility index (Phi) is 2.64. The molecule has 94 valence electrons. The van der Waals surface area contributed by atoms with Crippen LogP contribution in [0, 0.1) is 18.3 Å². The molecule has 3 nitrogen and oxygen atoms in total. The highest BCUT2D eigenvalue weighted by Crippen LogP contribution is 2.37. The molecular weight excluding hydrogens is 238 g/mol. The molecule has 0 fully saturated rings. The molecule has 1 heterocycles. The first-order valence-corrected chi connectivity index (χ1v) is 6.24. The van der Waals surface area contributed by atoms with Crippen molar-refractivity contribution in [2.75, 3.05) is 6.61 Å². The molecule has 0 spiro atoms. The van der Waals surface area contributed by atoms with E-state index in [2.05, 4.69) is 12.1 Å². The Labute approximate surface area is 111 Å². The number of hydrogen-bond donors (Lipinski definition) is 0. The summed E-state index contributed by atoms with van der Waals surface area (Å²) in [5, 5.41) is 12.3. The van der Waals surface area contributed by atoms with Crippen LogP contribution in [-0.4, -0.2) is 6.61 Å². The van der Waals surface area contributed by atoms with E-state index in [9.17, 15) is 5.26 Å². The lowest BCUT2D eigenvalue weighted by Gasteiger charge is -2.06. The number of aryl methyl sites for hydroxylation is 1. The van der Waals surface area contributed by atoms with E-state index in [1.165, 1.54) is 0 Å². The van der Waals surface area contributed by atoms with E-state index in [0.29, 0.717) is 18.1 Å². The summed E-state index contributed by atoms with van der Waals surface area (Å²) in [4.78, 5) is 0. The molecule has 2 aromatic carbocycles. The fourth-order valence-electron chi connectivity index (χ4n) is 2.43. The second-order valence-electron chi connectivity index (χ2n) is 4.43. The van der Waals surface area contributed by atoms with Gasteiger partial charge < -0.3 is 9.15 Å². The van der Waals surface area contributed by atoms with Gasteiger partial charge in [-0.15, -0.1) is 0 Å². The summed E-state index contributed by atoms with van der Waals surface area (Å²) in [5.74, 6) is 0.305. The van der Waals surface area contributed by atoms with E-state index in [-0.39, 0.29) is 0 Å². The molecule has 3 aromatic rings. The van der Waals surface area contributed by atoms with E-state index >= 15 is 0 Å². The van der Waals surface area contributed by atoms with E-state index in [0.717, 1.165) is 27.3 Å². The lowest BCUT2D eigenvalue weighted by atomic mass is 10.1. The number of nitrogens with zero attached hydrogens (tertiary/aromatic N) is 1. The summed E-state index contributed by atoms with van der Waals surface area (Å²) in [6.07, 6.45) is 0. The maximum Gasteiger partial charge on any atom is 0.304 e. The van der Waals surface area contributed by atoms with Crippen LogP contribution in [0.1, 0.15) is 18.1 Å². The molecule has 0 atom stereocenters. The van der Waals surface area contributed by atoms with Crippen molar-refractivity contribution in [1.29, 1.82) is 5.26 Å². The van der Waals surface area contributed by atoms with Crippen LogP contribution in [0.5, 0.6) is 5.95 Å². The molecule has 1 aromatic heterocycles. The number of hydrogen-bond acceptors (Lipinski definition) is 3. The highest BCUT2D eigenvalue weighted by atomic mass is 16.6. The van der Waals surface area contributed by atoms with E-state index < -0.39 is 0 Å². The Morgan fingerprint density at radius 3 is 2.84 bits per heavy atom. The van der Waals surface area contributed by atoms with Crippen LogP contribution in [0.4, 0.5) is 0 Å². The number of nitriles is 1. The molecule has 0 saturated heterocycles. The average Bonchev–Trinajstić information content (AvgIpc) is 2.59. The van der Waals surface area contributed by atoms with Gasteiger partial charge in [0, 0.05) is 10.8 Å². The molecule has 0 aliphatic heterocycles. The van der Waals surface area contributed by atoms with Crippen LogP contribution in [0.25, 0.3) is 21.7 Å². The molecule has 0 amide bonds. The Hall–Kier alpha value is -2.47. The van der Waals surface area contributed by atoms with Gasteiger partial charge in [0.15, 0.2) is 0 Å². The maximum absolute atomic E-state index is 9.39. The molecule has 0 saturated carbocycles. The summed E-state index contributed by atoms with van der Waals surface area (Å²) in [5.41, 5.74) is 2.31. The fraction of sp³-hybridized carbons (Fsp3) is 0.188. The predicted molar refractivity (Wildman–Crippen MR) is 74.3 cm³/mol. The molecule has 0 bridgehead atoms. The van der Waals surface area contributed by atoms with Gasteiger partial charge in [-0.05, 0) is 30.9 Å². The second-order valence-corrected chi connectivity index (χ2v) is 4.43. The van der Waals surface area contributed by atoms with Crippen LogP contribution in [0.2, 0.25) is 0 Å². The summed E-state index contributed by atoms with van der Waals surface area (Å²) >= 11 is 0. The van der Waals surface area contributed by atoms with Crippen molar-refractivity contribution in [3.05, 3.63) is 41.5 Å². The van der Waals surface area contributed by atoms with Gasteiger partial charge in [-0.25, -0.2) is 0 Å². The normalized spacial score (nSPS) is 10.8. The molecule has 0 aliphatic rings. The summed E-state index contributed by atoms with van der Waals surface area (Å²) in [6.45, 7) is 4.34. The summed E-state index contributed by atoms with van der Waals surface area (Å²) in [6, 6.07) is 12.1. The minimum atomic E-state index is 0.305. The topological polar surface area (TPSA) is 46.2 Å². The van der Waals surface area contributed by atoms with Crippen LogP contribution in [0.15, 0.2) is 34.7 Å². The second kappa shape index (κ2) is 4.33. The highest BCUT2D eigenvalue weighted by molar-refractivity contribution is 6.12. The predicted octanol–water partition coefficient (Wildman–Crippen LogP) is 4.16. The van der Waals surface area contributed by atoms with Crippen LogP contribution in [0.3, 0.4) is 0 Å². The zero-order chi connectivity index (χ0) is 13.4. The first-order chi connectivity index (χ1) is 9.26. The average molecular weight is 251 g/mol. The van der Waals surface area contributed by atoms with Crippen molar-refractivity contribution in [1.82, 2.24) is 0 Å². The minimum Gasteiger partial charge on any atom is -0.464 e. The van der Waals surface area contributed by atoms with E-state index in [1.54, 1.807) is 0 Å². The fourth-order valence-corrected chi connectivity index (χ4v) is 2.43. The third-order valence-corrected chi connectivity index (χ3v) is 3.22. The molecular formula is C16H13NO2. The van der Waals surface area contributed by atoms with Crippen molar-refractivity contribution in [2.45, 2.75) is 13.8 Å². The van der Waals surface area contributed by atoms with Crippen molar-refractivity contribution >= 4 is 21.7 Å². The summed E-state index contributed by atoms with van der Waals surface area (Å²) in [7, 11) is 0. The van der Waals surface area contributed by atoms with Gasteiger partial charge >= 0.3 is 5.95 Å². The Bertz CT molecular complexity index is 809. The van der Waals surface area contributed by atoms with Gasteiger partial charge in [-0.1, -0.05) is 24.3 Å². The number of rotatable bonds is 2. The largest absolute Gasteiger partial charge is 0.464 e. The van der Waals surface area contributed by atoms with Gasteiger partial charge in [0.25, 0.3) is 0 Å². The van der Waals surface area contributed by atoms with Gasteiger partial charge in [0.2, 0.25) is 0 Å². The van der Waals surface area contributed by atoms with E-state index in [1.807, 2.05) is 38.1 Å². The smallest absolute Gasteiger partial charge is 0.304 e. The standard InChI is InChI=1S/C16H13NO2/c1-3-18-16-13(9-17)12-7-5-4-6-11-8-10(2)15(19-16)14(11)12/h4-8H,3H2,1-2H3. The lowest BCUT2D eigenvalue weighted by Crippen LogP contribution is -1.95. The minimum absolute atomic E-state index is 0.305. The van der Waals surface area contributed by atoms with Crippen molar-refractivity contribution in [3.8, 4) is 12.0 Å². The highest BCUT2D eigenvalue weighted by Gasteiger charge is 2.17. The van der Waals surface area contributed by atoms with Gasteiger partial charge in [-0.3, -0.25) is 0 Å². The molecule has 3 rings (SSSR count). The Morgan fingerprint density at radius 2 is 2.11 bits per heavy atom. The van der Waals surface area contributed by atoms with Crippen molar-refractivity contribution < 1.29 is 9.15 Å². The molecule has 0 N–H and O–H groups in total. The van der Waals surface area contributed by atoms with Gasteiger partial charge in [0.1, 0.15) is 17.2 Å². The van der Waals surface area contributed by atoms with Crippen LogP contribution < -0.4 is 4.74 Å². The Morgan fingerprint density at radius 1 is 1.32 bits per heavy atom. The van der Waals surface area contributed by atoms with Crippen LogP contribution >= 0.6 is 0 Å². The monoisotopic (exact) mass is 251 g/mol. The van der Waals surface area contributed by atoms with Gasteiger partial charge in [0.05, 0.1) is 6.61 Å². The molecule has 19 heavy (non-hydrogen) atoms. The third kappa shape index (κ3) is 1.65. The number of ether oxygens (including phenoxy) is 1. The quantitative estimate of drug-likeness (QED) is 0.686.